The lowest BCUT2D eigenvalue weighted by Crippen LogP contribution is -2.27. The van der Waals surface area contributed by atoms with Crippen LogP contribution in [0.15, 0.2) is 12.3 Å². The maximum atomic E-state index is 13.1. The van der Waals surface area contributed by atoms with Gasteiger partial charge in [0.1, 0.15) is 11.3 Å². The Hall–Kier alpha value is -1.85. The molecule has 1 amide bonds. The first-order chi connectivity index (χ1) is 7.28. The van der Waals surface area contributed by atoms with Crippen molar-refractivity contribution in [1.82, 2.24) is 4.98 Å². The van der Waals surface area contributed by atoms with Crippen molar-refractivity contribution in [1.29, 1.82) is 0 Å². The van der Waals surface area contributed by atoms with Gasteiger partial charge in [-0.2, -0.15) is 4.39 Å². The van der Waals surface area contributed by atoms with Crippen LogP contribution >= 0.6 is 0 Å². The van der Waals surface area contributed by atoms with Crippen molar-refractivity contribution in [3.8, 4) is 0 Å². The quantitative estimate of drug-likeness (QED) is 0.720. The normalized spacial score (nSPS) is 11.0. The van der Waals surface area contributed by atoms with Gasteiger partial charge < -0.3 is 10.5 Å². The highest BCUT2D eigenvalue weighted by Gasteiger charge is 2.17. The number of ether oxygens (including phenoxy) is 1. The summed E-state index contributed by atoms with van der Waals surface area (Å²) in [5.41, 5.74) is 4.92. The fraction of sp³-hybridized carbons (Fsp3) is 0.400. The summed E-state index contributed by atoms with van der Waals surface area (Å²) in [4.78, 5) is 14.7. The molecule has 0 aliphatic rings. The van der Waals surface area contributed by atoms with E-state index in [1.165, 1.54) is 6.07 Å². The van der Waals surface area contributed by atoms with Crippen molar-refractivity contribution in [2.45, 2.75) is 26.4 Å². The minimum Gasteiger partial charge on any atom is -0.444 e. The van der Waals surface area contributed by atoms with E-state index < -0.39 is 17.6 Å². The van der Waals surface area contributed by atoms with E-state index in [0.717, 1.165) is 6.20 Å². The van der Waals surface area contributed by atoms with Crippen LogP contribution in [0, 0.1) is 5.95 Å². The Labute approximate surface area is 92.8 Å². The third-order valence-electron chi connectivity index (χ3n) is 1.50. The molecule has 5 nitrogen and oxygen atoms in total. The Morgan fingerprint density at radius 3 is 2.75 bits per heavy atom. The van der Waals surface area contributed by atoms with Crippen molar-refractivity contribution in [3.63, 3.8) is 0 Å². The monoisotopic (exact) mass is 227 g/mol. The first kappa shape index (κ1) is 12.2. The molecular weight excluding hydrogens is 213 g/mol. The number of anilines is 2. The summed E-state index contributed by atoms with van der Waals surface area (Å²) in [6.45, 7) is 5.13. The van der Waals surface area contributed by atoms with E-state index in [1.807, 2.05) is 0 Å². The summed E-state index contributed by atoms with van der Waals surface area (Å²) in [6.07, 6.45) is 0.411. The van der Waals surface area contributed by atoms with Gasteiger partial charge in [-0.3, -0.25) is 5.32 Å². The highest BCUT2D eigenvalue weighted by molar-refractivity contribution is 5.85. The molecule has 0 unspecified atom stereocenters. The molecule has 0 fully saturated rings. The maximum Gasteiger partial charge on any atom is 0.412 e. The predicted octanol–water partition coefficient (Wildman–Crippen LogP) is 2.15. The molecule has 0 bridgehead atoms. The number of nitrogens with zero attached hydrogens (tertiary/aromatic N) is 1. The molecule has 0 saturated carbocycles. The Kier molecular flexibility index (Phi) is 3.31. The van der Waals surface area contributed by atoms with E-state index in [-0.39, 0.29) is 11.4 Å². The van der Waals surface area contributed by atoms with Crippen LogP contribution in [0.1, 0.15) is 20.8 Å². The van der Waals surface area contributed by atoms with Gasteiger partial charge in [-0.25, -0.2) is 9.78 Å². The number of nitrogens with one attached hydrogen (secondary N) is 1. The number of carbonyl (C=O) groups is 1. The molecule has 0 atom stereocenters. The van der Waals surface area contributed by atoms with E-state index in [2.05, 4.69) is 10.3 Å². The van der Waals surface area contributed by atoms with Gasteiger partial charge >= 0.3 is 6.09 Å². The molecule has 6 heteroatoms. The summed E-state index contributed by atoms with van der Waals surface area (Å²) in [5, 5.41) is 2.23. The van der Waals surface area contributed by atoms with Crippen molar-refractivity contribution in [2.75, 3.05) is 11.1 Å². The predicted molar refractivity (Wildman–Crippen MR) is 58.5 cm³/mol. The molecule has 0 aromatic carbocycles. The van der Waals surface area contributed by atoms with Crippen LogP contribution in [-0.2, 0) is 4.74 Å². The van der Waals surface area contributed by atoms with Crippen LogP contribution in [0.4, 0.5) is 20.6 Å². The second kappa shape index (κ2) is 4.34. The number of carbonyl (C=O) groups excluding carboxylic acids is 1. The average molecular weight is 227 g/mol. The fourth-order valence-electron chi connectivity index (χ4n) is 0.965. The summed E-state index contributed by atoms with van der Waals surface area (Å²) in [5.74, 6) is -0.806. The van der Waals surface area contributed by atoms with Crippen LogP contribution in [0.2, 0.25) is 0 Å². The lowest BCUT2D eigenvalue weighted by atomic mass is 10.2. The standard InChI is InChI=1S/C10H14FN3O2/c1-10(2,3)16-9(15)14-7-4-6(12)5-13-8(7)11/h4-5H,12H2,1-3H3,(H,14,15). The Balaban J connectivity index is 2.73. The number of hydrogen-bond donors (Lipinski definition) is 2. The molecule has 0 saturated heterocycles. The van der Waals surface area contributed by atoms with Gasteiger partial charge in [-0.15, -0.1) is 0 Å². The highest BCUT2D eigenvalue weighted by atomic mass is 19.1. The fourth-order valence-corrected chi connectivity index (χ4v) is 0.965. The van der Waals surface area contributed by atoms with Gasteiger partial charge in [0.15, 0.2) is 0 Å². The zero-order valence-corrected chi connectivity index (χ0v) is 9.37. The van der Waals surface area contributed by atoms with Gasteiger partial charge in [0.05, 0.1) is 11.9 Å². The van der Waals surface area contributed by atoms with E-state index in [4.69, 9.17) is 10.5 Å². The summed E-state index contributed by atoms with van der Waals surface area (Å²) in [7, 11) is 0. The van der Waals surface area contributed by atoms with Gasteiger partial charge in [-0.1, -0.05) is 0 Å². The second-order valence-electron chi connectivity index (χ2n) is 4.23. The van der Waals surface area contributed by atoms with Crippen LogP contribution < -0.4 is 11.1 Å². The van der Waals surface area contributed by atoms with E-state index in [0.29, 0.717) is 0 Å². The highest BCUT2D eigenvalue weighted by Crippen LogP contribution is 2.16. The van der Waals surface area contributed by atoms with Crippen LogP contribution in [0.25, 0.3) is 0 Å². The van der Waals surface area contributed by atoms with Crippen molar-refractivity contribution in [2.24, 2.45) is 0 Å². The maximum absolute atomic E-state index is 13.1. The summed E-state index contributed by atoms with van der Waals surface area (Å²) >= 11 is 0. The van der Waals surface area contributed by atoms with Gasteiger partial charge in [-0.05, 0) is 26.8 Å². The number of halogens is 1. The smallest absolute Gasteiger partial charge is 0.412 e. The average Bonchev–Trinajstić information content (AvgIpc) is 2.08. The largest absolute Gasteiger partial charge is 0.444 e. The molecule has 0 aliphatic carbocycles. The first-order valence-electron chi connectivity index (χ1n) is 4.69. The lowest BCUT2D eigenvalue weighted by Gasteiger charge is -2.19. The zero-order valence-electron chi connectivity index (χ0n) is 9.37. The first-order valence-corrected chi connectivity index (χ1v) is 4.69. The molecule has 1 rings (SSSR count). The number of pyridine rings is 1. The van der Waals surface area contributed by atoms with E-state index >= 15 is 0 Å². The molecular formula is C10H14FN3O2. The number of amides is 1. The Morgan fingerprint density at radius 2 is 2.19 bits per heavy atom. The number of nitrogens with two attached hydrogens (primary N) is 1. The minimum atomic E-state index is -0.806. The van der Waals surface area contributed by atoms with Crippen LogP contribution in [-0.4, -0.2) is 16.7 Å². The number of nitrogen functional groups attached to an aromatic ring is 1. The van der Waals surface area contributed by atoms with E-state index in [1.54, 1.807) is 20.8 Å². The molecule has 1 heterocycles. The molecule has 0 spiro atoms. The lowest BCUT2D eigenvalue weighted by molar-refractivity contribution is 0.0635. The second-order valence-corrected chi connectivity index (χ2v) is 4.23. The third-order valence-corrected chi connectivity index (χ3v) is 1.50. The third kappa shape index (κ3) is 3.72. The molecule has 3 N–H and O–H groups in total. The van der Waals surface area contributed by atoms with Crippen molar-refractivity contribution < 1.29 is 13.9 Å². The number of rotatable bonds is 1. The van der Waals surface area contributed by atoms with Crippen molar-refractivity contribution >= 4 is 17.5 Å². The molecule has 1 aromatic rings. The SMILES string of the molecule is CC(C)(C)OC(=O)Nc1cc(N)cnc1F. The molecule has 1 aromatic heterocycles. The number of hydrogen-bond acceptors (Lipinski definition) is 4. The topological polar surface area (TPSA) is 77.2 Å². The Morgan fingerprint density at radius 1 is 1.56 bits per heavy atom. The zero-order chi connectivity index (χ0) is 12.3. The minimum absolute atomic E-state index is 0.103. The van der Waals surface area contributed by atoms with Crippen LogP contribution in [0.5, 0.6) is 0 Å². The molecule has 0 radical (unpaired) electrons. The number of aromatic nitrogens is 1. The summed E-state index contributed by atoms with van der Waals surface area (Å²) in [6, 6.07) is 1.27. The van der Waals surface area contributed by atoms with Gasteiger partial charge in [0.2, 0.25) is 5.95 Å². The molecule has 88 valence electrons. The van der Waals surface area contributed by atoms with E-state index in [9.17, 15) is 9.18 Å². The molecule has 0 aliphatic heterocycles. The summed E-state index contributed by atoms with van der Waals surface area (Å²) < 4.78 is 18.1. The Bertz CT molecular complexity index is 402. The van der Waals surface area contributed by atoms with Crippen LogP contribution in [0.3, 0.4) is 0 Å². The molecule has 16 heavy (non-hydrogen) atoms. The van der Waals surface area contributed by atoms with Gasteiger partial charge in [0.25, 0.3) is 0 Å². The van der Waals surface area contributed by atoms with Crippen molar-refractivity contribution in [3.05, 3.63) is 18.2 Å². The van der Waals surface area contributed by atoms with Gasteiger partial charge in [0, 0.05) is 0 Å².